The molecular weight excluding hydrogens is 190 g/mol. The van der Waals surface area contributed by atoms with Gasteiger partial charge in [0.2, 0.25) is 0 Å². The number of nitrogens with zero attached hydrogens (tertiary/aromatic N) is 1. The van der Waals surface area contributed by atoms with Gasteiger partial charge in [0.15, 0.2) is 0 Å². The van der Waals surface area contributed by atoms with Gasteiger partial charge < -0.3 is 0 Å². The first-order chi connectivity index (χ1) is 7.15. The highest BCUT2D eigenvalue weighted by molar-refractivity contribution is 5.34. The Hall–Kier alpha value is -1.38. The fourth-order valence-electron chi connectivity index (χ4n) is 1.16. The summed E-state index contributed by atoms with van der Waals surface area (Å²) in [5.74, 6) is 0.473. The van der Waals surface area contributed by atoms with Crippen molar-refractivity contribution in [1.82, 2.24) is 0 Å². The molecule has 3 nitrogen and oxygen atoms in total. The number of hydrogen-bond donors (Lipinski definition) is 0. The first kappa shape index (κ1) is 13.6. The lowest BCUT2D eigenvalue weighted by atomic mass is 9.99. The van der Waals surface area contributed by atoms with Crippen LogP contribution < -0.4 is 0 Å². The summed E-state index contributed by atoms with van der Waals surface area (Å²) < 4.78 is 0. The number of nitro benzene ring substituents is 1. The number of rotatable bonds is 3. The largest absolute Gasteiger partial charge is 0.269 e. The number of nitro groups is 1. The maximum atomic E-state index is 10.4. The van der Waals surface area contributed by atoms with Crippen molar-refractivity contribution in [1.29, 1.82) is 0 Å². The van der Waals surface area contributed by atoms with Crippen molar-refractivity contribution in [2.45, 2.75) is 40.0 Å². The van der Waals surface area contributed by atoms with E-state index in [9.17, 15) is 10.1 Å². The van der Waals surface area contributed by atoms with Gasteiger partial charge in [0, 0.05) is 12.1 Å². The maximum Gasteiger partial charge on any atom is 0.269 e. The summed E-state index contributed by atoms with van der Waals surface area (Å²) in [5.41, 5.74) is 1.32. The Morgan fingerprint density at radius 3 is 2.07 bits per heavy atom. The molecule has 0 amide bonds. The fraction of sp³-hybridized carbons (Fsp3) is 0.500. The topological polar surface area (TPSA) is 43.1 Å². The molecule has 1 rings (SSSR count). The van der Waals surface area contributed by atoms with Gasteiger partial charge in [-0.1, -0.05) is 39.8 Å². The molecule has 0 saturated carbocycles. The minimum absolute atomic E-state index is 0.159. The van der Waals surface area contributed by atoms with E-state index >= 15 is 0 Å². The zero-order valence-corrected chi connectivity index (χ0v) is 9.86. The molecule has 1 aromatic carbocycles. The van der Waals surface area contributed by atoms with Crippen LogP contribution in [0.5, 0.6) is 0 Å². The van der Waals surface area contributed by atoms with Gasteiger partial charge >= 0.3 is 0 Å². The zero-order valence-electron chi connectivity index (χ0n) is 9.86. The van der Waals surface area contributed by atoms with E-state index in [0.717, 1.165) is 12.0 Å². The highest BCUT2D eigenvalue weighted by atomic mass is 16.6. The van der Waals surface area contributed by atoms with Crippen LogP contribution in [0, 0.1) is 10.1 Å². The third-order valence-electron chi connectivity index (χ3n) is 2.29. The molecule has 15 heavy (non-hydrogen) atoms. The van der Waals surface area contributed by atoms with Crippen LogP contribution >= 0.6 is 0 Å². The SMILES string of the molecule is CC.CCC(C)c1ccc([N+](=O)[O-])cc1. The van der Waals surface area contributed by atoms with Crippen LogP contribution in [0.4, 0.5) is 5.69 Å². The maximum absolute atomic E-state index is 10.4. The molecule has 0 bridgehead atoms. The van der Waals surface area contributed by atoms with E-state index in [4.69, 9.17) is 0 Å². The van der Waals surface area contributed by atoms with E-state index in [2.05, 4.69) is 13.8 Å². The average molecular weight is 209 g/mol. The van der Waals surface area contributed by atoms with Gasteiger partial charge in [-0.3, -0.25) is 10.1 Å². The lowest BCUT2D eigenvalue weighted by Gasteiger charge is -2.07. The second kappa shape index (κ2) is 6.98. The van der Waals surface area contributed by atoms with E-state index < -0.39 is 0 Å². The van der Waals surface area contributed by atoms with Crippen molar-refractivity contribution in [3.05, 3.63) is 39.9 Å². The van der Waals surface area contributed by atoms with E-state index in [1.165, 1.54) is 0 Å². The molecule has 0 aliphatic heterocycles. The van der Waals surface area contributed by atoms with Crippen LogP contribution in [0.3, 0.4) is 0 Å². The van der Waals surface area contributed by atoms with E-state index in [0.29, 0.717) is 5.92 Å². The normalized spacial score (nSPS) is 11.2. The Bertz CT molecular complexity index is 293. The predicted octanol–water partition coefficient (Wildman–Crippen LogP) is 4.13. The molecule has 0 aliphatic carbocycles. The van der Waals surface area contributed by atoms with Crippen LogP contribution in [0.1, 0.15) is 45.6 Å². The molecule has 0 fully saturated rings. The minimum atomic E-state index is -0.375. The highest BCUT2D eigenvalue weighted by Crippen LogP contribution is 2.21. The third-order valence-corrected chi connectivity index (χ3v) is 2.29. The number of benzene rings is 1. The highest BCUT2D eigenvalue weighted by Gasteiger charge is 2.06. The first-order valence-corrected chi connectivity index (χ1v) is 5.39. The number of hydrogen-bond acceptors (Lipinski definition) is 2. The Labute approximate surface area is 91.3 Å². The summed E-state index contributed by atoms with van der Waals surface area (Å²) in [6.07, 6.45) is 1.05. The summed E-state index contributed by atoms with van der Waals surface area (Å²) in [5, 5.41) is 10.4. The molecule has 1 atom stereocenters. The smallest absolute Gasteiger partial charge is 0.258 e. The van der Waals surface area contributed by atoms with Crippen molar-refractivity contribution < 1.29 is 4.92 Å². The van der Waals surface area contributed by atoms with Crippen molar-refractivity contribution in [3.63, 3.8) is 0 Å². The van der Waals surface area contributed by atoms with E-state index in [1.807, 2.05) is 26.0 Å². The third kappa shape index (κ3) is 4.11. The Morgan fingerprint density at radius 2 is 1.73 bits per heavy atom. The van der Waals surface area contributed by atoms with Crippen molar-refractivity contribution >= 4 is 5.69 Å². The molecule has 0 radical (unpaired) electrons. The first-order valence-electron chi connectivity index (χ1n) is 5.39. The second-order valence-electron chi connectivity index (χ2n) is 3.16. The molecule has 0 saturated heterocycles. The van der Waals surface area contributed by atoms with Crippen LogP contribution in [0.2, 0.25) is 0 Å². The molecule has 84 valence electrons. The van der Waals surface area contributed by atoms with Crippen molar-refractivity contribution in [2.75, 3.05) is 0 Å². The van der Waals surface area contributed by atoms with Crippen LogP contribution in [0.15, 0.2) is 24.3 Å². The van der Waals surface area contributed by atoms with Crippen LogP contribution in [-0.2, 0) is 0 Å². The molecule has 1 aromatic rings. The fourth-order valence-corrected chi connectivity index (χ4v) is 1.16. The van der Waals surface area contributed by atoms with Gasteiger partial charge in [-0.2, -0.15) is 0 Å². The van der Waals surface area contributed by atoms with Gasteiger partial charge in [0.1, 0.15) is 0 Å². The summed E-state index contributed by atoms with van der Waals surface area (Å²) >= 11 is 0. The molecule has 1 unspecified atom stereocenters. The summed E-state index contributed by atoms with van der Waals surface area (Å²) in [4.78, 5) is 9.98. The average Bonchev–Trinajstić information content (AvgIpc) is 2.31. The second-order valence-corrected chi connectivity index (χ2v) is 3.16. The van der Waals surface area contributed by atoms with Gasteiger partial charge in [-0.05, 0) is 17.9 Å². The minimum Gasteiger partial charge on any atom is -0.258 e. The standard InChI is InChI=1S/C10H13NO2.C2H6/c1-3-8(2)9-4-6-10(7-5-9)11(12)13;1-2/h4-8H,3H2,1-2H3;1-2H3. The van der Waals surface area contributed by atoms with E-state index in [-0.39, 0.29) is 10.6 Å². The summed E-state index contributed by atoms with van der Waals surface area (Å²) in [7, 11) is 0. The predicted molar refractivity (Wildman–Crippen MR) is 63.2 cm³/mol. The molecule has 0 heterocycles. The Kier molecular flexibility index (Phi) is 6.34. The molecule has 0 aliphatic rings. The summed E-state index contributed by atoms with van der Waals surface area (Å²) in [6.45, 7) is 8.22. The number of non-ortho nitro benzene ring substituents is 1. The lowest BCUT2D eigenvalue weighted by Crippen LogP contribution is -1.92. The van der Waals surface area contributed by atoms with Gasteiger partial charge in [0.25, 0.3) is 5.69 Å². The summed E-state index contributed by atoms with van der Waals surface area (Å²) in [6, 6.07) is 6.77. The van der Waals surface area contributed by atoms with Gasteiger partial charge in [0.05, 0.1) is 4.92 Å². The van der Waals surface area contributed by atoms with Crippen LogP contribution in [-0.4, -0.2) is 4.92 Å². The van der Waals surface area contributed by atoms with Crippen molar-refractivity contribution in [2.24, 2.45) is 0 Å². The van der Waals surface area contributed by atoms with Gasteiger partial charge in [-0.15, -0.1) is 0 Å². The van der Waals surface area contributed by atoms with Gasteiger partial charge in [-0.25, -0.2) is 0 Å². The van der Waals surface area contributed by atoms with E-state index in [1.54, 1.807) is 12.1 Å². The molecule has 3 heteroatoms. The molecule has 0 spiro atoms. The molecule has 0 N–H and O–H groups in total. The lowest BCUT2D eigenvalue weighted by molar-refractivity contribution is -0.384. The van der Waals surface area contributed by atoms with Crippen molar-refractivity contribution in [3.8, 4) is 0 Å². The Balaban J connectivity index is 0.000000921. The Morgan fingerprint density at radius 1 is 1.27 bits per heavy atom. The zero-order chi connectivity index (χ0) is 11.8. The monoisotopic (exact) mass is 209 g/mol. The van der Waals surface area contributed by atoms with Crippen LogP contribution in [0.25, 0.3) is 0 Å². The quantitative estimate of drug-likeness (QED) is 0.554. The molecule has 0 aromatic heterocycles. The molecular formula is C12H19NO2.